The summed E-state index contributed by atoms with van der Waals surface area (Å²) < 4.78 is 54.8. The maximum Gasteiger partial charge on any atom is 0.245 e. The molecule has 0 radical (unpaired) electrons. The van der Waals surface area contributed by atoms with Crippen molar-refractivity contribution in [3.8, 4) is 0 Å². The summed E-state index contributed by atoms with van der Waals surface area (Å²) in [6.45, 7) is 0.0930. The third kappa shape index (κ3) is 3.61. The average molecular weight is 387 g/mol. The van der Waals surface area contributed by atoms with E-state index in [0.717, 1.165) is 0 Å². The molecule has 1 aliphatic heterocycles. The summed E-state index contributed by atoms with van der Waals surface area (Å²) in [5, 5.41) is 0. The maximum atomic E-state index is 12.2. The number of nitrogens with one attached hydrogen (secondary N) is 1. The molecule has 10 heteroatoms. The van der Waals surface area contributed by atoms with Gasteiger partial charge in [-0.05, 0) is 28.8 Å². The molecule has 3 N–H and O–H groups in total. The molecule has 1 aliphatic rings. The van der Waals surface area contributed by atoms with Crippen LogP contribution in [0.25, 0.3) is 0 Å². The molecule has 1 aromatic heterocycles. The summed E-state index contributed by atoms with van der Waals surface area (Å²) in [7, 11) is -6.78. The van der Waals surface area contributed by atoms with E-state index in [9.17, 15) is 16.8 Å². The number of nitrogens with two attached hydrogens (primary N) is 1. The molecular weight excluding hydrogens is 372 g/mol. The van der Waals surface area contributed by atoms with Gasteiger partial charge in [-0.2, -0.15) is 0 Å². The van der Waals surface area contributed by atoms with Crippen molar-refractivity contribution in [1.29, 1.82) is 0 Å². The Labute approximate surface area is 126 Å². The van der Waals surface area contributed by atoms with E-state index in [4.69, 9.17) is 10.2 Å². The van der Waals surface area contributed by atoms with E-state index in [1.807, 2.05) is 0 Å². The van der Waals surface area contributed by atoms with Crippen molar-refractivity contribution >= 4 is 35.8 Å². The van der Waals surface area contributed by atoms with Crippen LogP contribution >= 0.6 is 15.9 Å². The van der Waals surface area contributed by atoms with Gasteiger partial charge in [0.2, 0.25) is 10.0 Å². The van der Waals surface area contributed by atoms with Crippen LogP contribution in [0.2, 0.25) is 0 Å². The van der Waals surface area contributed by atoms with Gasteiger partial charge in [-0.1, -0.05) is 0 Å². The van der Waals surface area contributed by atoms with Gasteiger partial charge in [-0.3, -0.25) is 0 Å². The molecule has 2 heterocycles. The van der Waals surface area contributed by atoms with Gasteiger partial charge in [0.25, 0.3) is 0 Å². The van der Waals surface area contributed by atoms with E-state index in [0.29, 0.717) is 5.76 Å². The summed E-state index contributed by atoms with van der Waals surface area (Å²) in [4.78, 5) is -0.0219. The molecule has 0 amide bonds. The van der Waals surface area contributed by atoms with E-state index in [-0.39, 0.29) is 46.5 Å². The zero-order valence-corrected chi connectivity index (χ0v) is 13.7. The summed E-state index contributed by atoms with van der Waals surface area (Å²) >= 11 is 3.04. The number of sulfonamides is 1. The fourth-order valence-corrected chi connectivity index (χ4v) is 5.77. The Morgan fingerprint density at radius 3 is 2.50 bits per heavy atom. The predicted octanol–water partition coefficient (Wildman–Crippen LogP) is 0.356. The Morgan fingerprint density at radius 1 is 1.40 bits per heavy atom. The Morgan fingerprint density at radius 2 is 2.00 bits per heavy atom. The van der Waals surface area contributed by atoms with Gasteiger partial charge in [0, 0.05) is 12.1 Å². The molecule has 0 atom stereocenters. The van der Waals surface area contributed by atoms with Crippen molar-refractivity contribution in [3.05, 3.63) is 16.5 Å². The SMILES string of the molecule is NCc1cc(S(=O)(=O)NC2CCS(=O)(=O)CC2)c(Br)o1. The smallest absolute Gasteiger partial charge is 0.245 e. The molecule has 0 spiro atoms. The molecule has 1 saturated heterocycles. The number of rotatable bonds is 4. The van der Waals surface area contributed by atoms with Crippen LogP contribution in [0, 0.1) is 0 Å². The van der Waals surface area contributed by atoms with Crippen LogP contribution < -0.4 is 10.5 Å². The lowest BCUT2D eigenvalue weighted by Gasteiger charge is -2.22. The second-order valence-corrected chi connectivity index (χ2v) is 9.31. The molecule has 1 fully saturated rings. The first-order chi connectivity index (χ1) is 9.23. The Hall–Kier alpha value is -0.420. The highest BCUT2D eigenvalue weighted by molar-refractivity contribution is 9.10. The fraction of sp³-hybridized carbons (Fsp3) is 0.600. The first-order valence-electron chi connectivity index (χ1n) is 5.94. The number of hydrogen-bond donors (Lipinski definition) is 2. The standard InChI is InChI=1S/C10H15BrN2O5S2/c11-10-9(5-8(6-12)18-10)20(16,17)13-7-1-3-19(14,15)4-2-7/h5,7,13H,1-4,6,12H2. The normalized spacial score (nSPS) is 20.1. The zero-order chi connectivity index (χ0) is 15.0. The highest BCUT2D eigenvalue weighted by atomic mass is 79.9. The van der Waals surface area contributed by atoms with Crippen molar-refractivity contribution in [1.82, 2.24) is 4.72 Å². The summed E-state index contributed by atoms with van der Waals surface area (Å²) in [5.74, 6) is 0.352. The predicted molar refractivity (Wildman–Crippen MR) is 76.3 cm³/mol. The first kappa shape index (κ1) is 16.0. The Balaban J connectivity index is 2.13. The number of sulfone groups is 1. The molecular formula is C10H15BrN2O5S2. The lowest BCUT2D eigenvalue weighted by molar-refractivity contribution is 0.480. The van der Waals surface area contributed by atoms with Crippen molar-refractivity contribution < 1.29 is 21.3 Å². The maximum absolute atomic E-state index is 12.2. The lowest BCUT2D eigenvalue weighted by atomic mass is 10.2. The zero-order valence-electron chi connectivity index (χ0n) is 10.5. The van der Waals surface area contributed by atoms with Gasteiger partial charge < -0.3 is 10.2 Å². The van der Waals surface area contributed by atoms with Gasteiger partial charge in [-0.15, -0.1) is 0 Å². The third-order valence-corrected chi connectivity index (χ3v) is 7.17. The minimum atomic E-state index is -3.76. The largest absolute Gasteiger partial charge is 0.452 e. The Kier molecular flexibility index (Phi) is 4.59. The number of hydrogen-bond acceptors (Lipinski definition) is 6. The molecule has 2 rings (SSSR count). The van der Waals surface area contributed by atoms with Crippen molar-refractivity contribution in [2.45, 2.75) is 30.3 Å². The van der Waals surface area contributed by atoms with Crippen molar-refractivity contribution in [3.63, 3.8) is 0 Å². The monoisotopic (exact) mass is 386 g/mol. The van der Waals surface area contributed by atoms with Gasteiger partial charge in [0.15, 0.2) is 4.67 Å². The van der Waals surface area contributed by atoms with Gasteiger partial charge >= 0.3 is 0 Å². The van der Waals surface area contributed by atoms with Crippen LogP contribution in [-0.4, -0.2) is 34.4 Å². The van der Waals surface area contributed by atoms with E-state index in [2.05, 4.69) is 20.7 Å². The molecule has 20 heavy (non-hydrogen) atoms. The highest BCUT2D eigenvalue weighted by Crippen LogP contribution is 2.26. The molecule has 0 aliphatic carbocycles. The average Bonchev–Trinajstić information content (AvgIpc) is 2.74. The minimum absolute atomic E-state index is 0.000787. The molecule has 1 aromatic rings. The van der Waals surface area contributed by atoms with Crippen LogP contribution in [-0.2, 0) is 26.4 Å². The lowest BCUT2D eigenvalue weighted by Crippen LogP contribution is -2.40. The van der Waals surface area contributed by atoms with E-state index in [1.165, 1.54) is 6.07 Å². The second kappa shape index (κ2) is 5.76. The van der Waals surface area contributed by atoms with Gasteiger partial charge in [0.05, 0.1) is 18.1 Å². The van der Waals surface area contributed by atoms with Crippen molar-refractivity contribution in [2.24, 2.45) is 5.73 Å². The first-order valence-corrected chi connectivity index (χ1v) is 10.0. The molecule has 0 saturated carbocycles. The topological polar surface area (TPSA) is 119 Å². The molecule has 0 aromatic carbocycles. The van der Waals surface area contributed by atoms with Crippen LogP contribution in [0.4, 0.5) is 0 Å². The van der Waals surface area contributed by atoms with E-state index < -0.39 is 19.9 Å². The summed E-state index contributed by atoms with van der Waals surface area (Å²) in [6.07, 6.45) is 0.557. The quantitative estimate of drug-likeness (QED) is 0.770. The Bertz CT molecular complexity index is 681. The second-order valence-electron chi connectivity index (χ2n) is 4.60. The van der Waals surface area contributed by atoms with E-state index in [1.54, 1.807) is 0 Å². The van der Waals surface area contributed by atoms with Gasteiger partial charge in [-0.25, -0.2) is 21.6 Å². The summed E-state index contributed by atoms with van der Waals surface area (Å²) in [5.41, 5.74) is 5.39. The third-order valence-electron chi connectivity index (χ3n) is 3.07. The molecule has 7 nitrogen and oxygen atoms in total. The number of furan rings is 1. The van der Waals surface area contributed by atoms with Crippen molar-refractivity contribution in [2.75, 3.05) is 11.5 Å². The fourth-order valence-electron chi connectivity index (χ4n) is 1.97. The minimum Gasteiger partial charge on any atom is -0.452 e. The van der Waals surface area contributed by atoms with E-state index >= 15 is 0 Å². The molecule has 0 unspecified atom stereocenters. The number of halogens is 1. The highest BCUT2D eigenvalue weighted by Gasteiger charge is 2.29. The van der Waals surface area contributed by atoms with Gasteiger partial charge in [0.1, 0.15) is 20.5 Å². The molecule has 0 bridgehead atoms. The van der Waals surface area contributed by atoms with Crippen LogP contribution in [0.5, 0.6) is 0 Å². The molecule has 114 valence electrons. The van der Waals surface area contributed by atoms with Crippen LogP contribution in [0.1, 0.15) is 18.6 Å². The summed E-state index contributed by atoms with van der Waals surface area (Å²) in [6, 6.07) is 0.970. The van der Waals surface area contributed by atoms with Crippen LogP contribution in [0.15, 0.2) is 20.0 Å². The van der Waals surface area contributed by atoms with Crippen LogP contribution in [0.3, 0.4) is 0 Å².